The summed E-state index contributed by atoms with van der Waals surface area (Å²) in [5, 5.41) is 8.61. The highest BCUT2D eigenvalue weighted by molar-refractivity contribution is 9.10. The average molecular weight is 334 g/mol. The van der Waals surface area contributed by atoms with Gasteiger partial charge in [0.25, 0.3) is 0 Å². The fourth-order valence-electron chi connectivity index (χ4n) is 1.85. The summed E-state index contributed by atoms with van der Waals surface area (Å²) in [7, 11) is -3.47. The van der Waals surface area contributed by atoms with Crippen molar-refractivity contribution in [1.82, 2.24) is 4.31 Å². The predicted molar refractivity (Wildman–Crippen MR) is 68.6 cm³/mol. The Morgan fingerprint density at radius 2 is 1.89 bits per heavy atom. The molecular weight excluding hydrogens is 322 g/mol. The van der Waals surface area contributed by atoms with Gasteiger partial charge in [-0.15, -0.1) is 0 Å². The van der Waals surface area contributed by atoms with Gasteiger partial charge >= 0.3 is 5.97 Å². The molecule has 1 fully saturated rings. The summed E-state index contributed by atoms with van der Waals surface area (Å²) >= 11 is 3.24. The van der Waals surface area contributed by atoms with E-state index in [9.17, 15) is 13.2 Å². The maximum absolute atomic E-state index is 12.1. The van der Waals surface area contributed by atoms with E-state index in [1.165, 1.54) is 16.4 Å². The molecule has 0 spiro atoms. The molecular formula is C11H12BrNO4S. The first kappa shape index (κ1) is 13.5. The fraction of sp³-hybridized carbons (Fsp3) is 0.364. The Morgan fingerprint density at radius 1 is 1.33 bits per heavy atom. The van der Waals surface area contributed by atoms with E-state index in [1.807, 2.05) is 0 Å². The summed E-state index contributed by atoms with van der Waals surface area (Å²) in [6, 6.07) is 6.40. The Morgan fingerprint density at radius 3 is 2.39 bits per heavy atom. The molecule has 0 atom stereocenters. The largest absolute Gasteiger partial charge is 0.481 e. The van der Waals surface area contributed by atoms with E-state index in [-0.39, 0.29) is 30.3 Å². The number of carboxylic acids is 1. The van der Waals surface area contributed by atoms with Crippen molar-refractivity contribution in [3.05, 3.63) is 28.7 Å². The minimum atomic E-state index is -3.47. The summed E-state index contributed by atoms with van der Waals surface area (Å²) in [4.78, 5) is 10.7. The number of hydrogen-bond donors (Lipinski definition) is 1. The lowest BCUT2D eigenvalue weighted by atomic mass is 10.00. The summed E-state index contributed by atoms with van der Waals surface area (Å²) in [6.45, 7) is 0.565. The molecule has 1 aliphatic heterocycles. The summed E-state index contributed by atoms with van der Waals surface area (Å²) in [5.74, 6) is -0.964. The Labute approximate surface area is 114 Å². The number of aliphatic carboxylic acids is 1. The molecule has 98 valence electrons. The third-order valence-corrected chi connectivity index (χ3v) is 5.21. The minimum absolute atomic E-state index is 0.0202. The molecule has 1 aromatic rings. The Bertz CT molecular complexity index is 549. The number of rotatable bonds is 4. The zero-order valence-corrected chi connectivity index (χ0v) is 11.8. The SMILES string of the molecule is O=C(O)CC1CN(S(=O)(=O)c2ccc(Br)cc2)C1. The molecule has 0 bridgehead atoms. The highest BCUT2D eigenvalue weighted by atomic mass is 79.9. The molecule has 0 unspecified atom stereocenters. The van der Waals surface area contributed by atoms with Crippen LogP contribution in [0, 0.1) is 5.92 Å². The average Bonchev–Trinajstić information content (AvgIpc) is 2.23. The van der Waals surface area contributed by atoms with Crippen LogP contribution in [-0.2, 0) is 14.8 Å². The smallest absolute Gasteiger partial charge is 0.303 e. The van der Waals surface area contributed by atoms with Gasteiger partial charge in [-0.25, -0.2) is 8.42 Å². The molecule has 1 N–H and O–H groups in total. The van der Waals surface area contributed by atoms with Crippen LogP contribution < -0.4 is 0 Å². The number of carboxylic acid groups (broad SMARTS) is 1. The van der Waals surface area contributed by atoms with E-state index >= 15 is 0 Å². The molecule has 0 radical (unpaired) electrons. The first-order valence-corrected chi connectivity index (χ1v) is 7.60. The van der Waals surface area contributed by atoms with Crippen molar-refractivity contribution in [2.24, 2.45) is 5.92 Å². The maximum atomic E-state index is 12.1. The molecule has 1 aliphatic rings. The van der Waals surface area contributed by atoms with Crippen molar-refractivity contribution in [1.29, 1.82) is 0 Å². The van der Waals surface area contributed by atoms with Crippen LogP contribution >= 0.6 is 15.9 Å². The first-order chi connectivity index (χ1) is 8.39. The van der Waals surface area contributed by atoms with Crippen molar-refractivity contribution >= 4 is 31.9 Å². The van der Waals surface area contributed by atoms with Crippen LogP contribution in [0.4, 0.5) is 0 Å². The summed E-state index contributed by atoms with van der Waals surface area (Å²) in [6.07, 6.45) is 0.0202. The van der Waals surface area contributed by atoms with Gasteiger partial charge in [0.1, 0.15) is 0 Å². The standard InChI is InChI=1S/C11H12BrNO4S/c12-9-1-3-10(4-2-9)18(16,17)13-6-8(7-13)5-11(14)15/h1-4,8H,5-7H2,(H,14,15). The third kappa shape index (κ3) is 2.73. The number of benzene rings is 1. The van der Waals surface area contributed by atoms with Crippen LogP contribution in [0.2, 0.25) is 0 Å². The predicted octanol–water partition coefficient (Wildman–Crippen LogP) is 1.54. The van der Waals surface area contributed by atoms with Crippen molar-refractivity contribution in [3.63, 3.8) is 0 Å². The fourth-order valence-corrected chi connectivity index (χ4v) is 3.71. The Kier molecular flexibility index (Phi) is 3.74. The van der Waals surface area contributed by atoms with E-state index in [2.05, 4.69) is 15.9 Å². The van der Waals surface area contributed by atoms with Crippen LogP contribution in [0.5, 0.6) is 0 Å². The number of carbonyl (C=O) groups is 1. The second-order valence-corrected chi connectivity index (χ2v) is 7.09. The van der Waals surface area contributed by atoms with Gasteiger partial charge in [0.05, 0.1) is 11.3 Å². The Hall–Kier alpha value is -0.920. The third-order valence-electron chi connectivity index (χ3n) is 2.84. The normalized spacial score (nSPS) is 17.4. The number of nitrogens with zero attached hydrogens (tertiary/aromatic N) is 1. The summed E-state index contributed by atoms with van der Waals surface area (Å²) in [5.41, 5.74) is 0. The minimum Gasteiger partial charge on any atom is -0.481 e. The van der Waals surface area contributed by atoms with Crippen LogP contribution in [-0.4, -0.2) is 36.9 Å². The second kappa shape index (κ2) is 4.99. The summed E-state index contributed by atoms with van der Waals surface area (Å²) < 4.78 is 26.4. The lowest BCUT2D eigenvalue weighted by molar-refractivity contribution is -0.139. The van der Waals surface area contributed by atoms with Crippen molar-refractivity contribution in [2.45, 2.75) is 11.3 Å². The second-order valence-electron chi connectivity index (χ2n) is 4.24. The van der Waals surface area contributed by atoms with Gasteiger partial charge in [0, 0.05) is 17.6 Å². The monoisotopic (exact) mass is 333 g/mol. The van der Waals surface area contributed by atoms with Gasteiger partial charge in [-0.3, -0.25) is 4.79 Å². The molecule has 18 heavy (non-hydrogen) atoms. The van der Waals surface area contributed by atoms with Gasteiger partial charge in [-0.05, 0) is 30.2 Å². The topological polar surface area (TPSA) is 74.7 Å². The number of halogens is 1. The molecule has 0 amide bonds. The van der Waals surface area contributed by atoms with Gasteiger partial charge < -0.3 is 5.11 Å². The number of hydrogen-bond acceptors (Lipinski definition) is 3. The van der Waals surface area contributed by atoms with Crippen LogP contribution in [0.1, 0.15) is 6.42 Å². The quantitative estimate of drug-likeness (QED) is 0.906. The lowest BCUT2D eigenvalue weighted by Gasteiger charge is -2.37. The van der Waals surface area contributed by atoms with Gasteiger partial charge in [-0.2, -0.15) is 4.31 Å². The zero-order valence-electron chi connectivity index (χ0n) is 9.41. The molecule has 0 saturated carbocycles. The lowest BCUT2D eigenvalue weighted by Crippen LogP contribution is -2.50. The van der Waals surface area contributed by atoms with Gasteiger partial charge in [0.15, 0.2) is 0 Å². The molecule has 2 rings (SSSR count). The van der Waals surface area contributed by atoms with Crippen molar-refractivity contribution in [3.8, 4) is 0 Å². The maximum Gasteiger partial charge on any atom is 0.303 e. The molecule has 1 aromatic carbocycles. The molecule has 0 aliphatic carbocycles. The first-order valence-electron chi connectivity index (χ1n) is 5.37. The highest BCUT2D eigenvalue weighted by Crippen LogP contribution is 2.27. The Balaban J connectivity index is 2.06. The van der Waals surface area contributed by atoms with E-state index in [1.54, 1.807) is 12.1 Å². The van der Waals surface area contributed by atoms with E-state index < -0.39 is 16.0 Å². The van der Waals surface area contributed by atoms with Crippen LogP contribution in [0.3, 0.4) is 0 Å². The van der Waals surface area contributed by atoms with E-state index in [0.717, 1.165) is 4.47 Å². The van der Waals surface area contributed by atoms with Gasteiger partial charge in [0.2, 0.25) is 10.0 Å². The van der Waals surface area contributed by atoms with E-state index in [4.69, 9.17) is 5.11 Å². The molecule has 1 saturated heterocycles. The highest BCUT2D eigenvalue weighted by Gasteiger charge is 2.37. The molecule has 0 aromatic heterocycles. The van der Waals surface area contributed by atoms with Crippen molar-refractivity contribution in [2.75, 3.05) is 13.1 Å². The van der Waals surface area contributed by atoms with Gasteiger partial charge in [-0.1, -0.05) is 15.9 Å². The van der Waals surface area contributed by atoms with E-state index in [0.29, 0.717) is 0 Å². The van der Waals surface area contributed by atoms with Crippen LogP contribution in [0.25, 0.3) is 0 Å². The molecule has 5 nitrogen and oxygen atoms in total. The van der Waals surface area contributed by atoms with Crippen molar-refractivity contribution < 1.29 is 18.3 Å². The zero-order chi connectivity index (χ0) is 13.3. The van der Waals surface area contributed by atoms with Crippen LogP contribution in [0.15, 0.2) is 33.6 Å². The number of sulfonamides is 1. The molecule has 7 heteroatoms. The molecule has 1 heterocycles.